The number of hydrogen-bond donors (Lipinski definition) is 1. The van der Waals surface area contributed by atoms with Gasteiger partial charge in [-0.3, -0.25) is 4.79 Å². The van der Waals surface area contributed by atoms with Crippen molar-refractivity contribution in [2.75, 3.05) is 19.0 Å². The average Bonchev–Trinajstić information content (AvgIpc) is 2.55. The second-order valence-electron chi connectivity index (χ2n) is 4.47. The summed E-state index contributed by atoms with van der Waals surface area (Å²) in [5.41, 5.74) is 0.530. The molecular weight excluding hydrogens is 379 g/mol. The number of nitrogens with one attached hydrogen (secondary N) is 1. The van der Waals surface area contributed by atoms with E-state index in [1.54, 1.807) is 12.1 Å². The summed E-state index contributed by atoms with van der Waals surface area (Å²) in [5, 5.41) is 3.07. The van der Waals surface area contributed by atoms with Crippen LogP contribution in [0.4, 0.5) is 5.69 Å². The summed E-state index contributed by atoms with van der Waals surface area (Å²) in [6.45, 7) is -0.483. The molecule has 0 bridgehead atoms. The van der Waals surface area contributed by atoms with Crippen molar-refractivity contribution in [1.29, 1.82) is 0 Å². The Morgan fingerprint density at radius 2 is 1.92 bits per heavy atom. The van der Waals surface area contributed by atoms with Crippen LogP contribution in [-0.2, 0) is 9.53 Å². The van der Waals surface area contributed by atoms with Gasteiger partial charge in [-0.2, -0.15) is 0 Å². The Balaban J connectivity index is 1.91. The standard InChI is InChI=1S/C15H11Cl3N2O4/c1-23-12-3-2-9(5-10(12)16)20-13(21)7-24-15(22)8-4-11(17)14(18)19-6-8/h2-6H,7H2,1H3,(H,20,21). The second-order valence-corrected chi connectivity index (χ2v) is 5.64. The molecular formula is C15H11Cl3N2O4. The van der Waals surface area contributed by atoms with Crippen molar-refractivity contribution in [3.8, 4) is 5.75 Å². The molecule has 6 nitrogen and oxygen atoms in total. The first-order valence-corrected chi connectivity index (χ1v) is 7.65. The van der Waals surface area contributed by atoms with Gasteiger partial charge < -0.3 is 14.8 Å². The number of esters is 1. The molecule has 2 aromatic rings. The van der Waals surface area contributed by atoms with E-state index in [1.807, 2.05) is 0 Å². The number of amides is 1. The Bertz CT molecular complexity index is 783. The molecule has 2 rings (SSSR count). The molecule has 9 heteroatoms. The van der Waals surface area contributed by atoms with Gasteiger partial charge >= 0.3 is 5.97 Å². The quantitative estimate of drug-likeness (QED) is 0.621. The van der Waals surface area contributed by atoms with Crippen LogP contribution in [-0.4, -0.2) is 30.6 Å². The van der Waals surface area contributed by atoms with Crippen molar-refractivity contribution in [2.45, 2.75) is 0 Å². The van der Waals surface area contributed by atoms with Crippen molar-refractivity contribution in [3.63, 3.8) is 0 Å². The van der Waals surface area contributed by atoms with E-state index >= 15 is 0 Å². The van der Waals surface area contributed by atoms with E-state index in [1.165, 1.54) is 25.4 Å². The monoisotopic (exact) mass is 388 g/mol. The summed E-state index contributed by atoms with van der Waals surface area (Å²) < 4.78 is 9.89. The third kappa shape index (κ3) is 4.74. The van der Waals surface area contributed by atoms with Crippen LogP contribution >= 0.6 is 34.8 Å². The van der Waals surface area contributed by atoms with Gasteiger partial charge in [-0.25, -0.2) is 9.78 Å². The van der Waals surface area contributed by atoms with Crippen LogP contribution in [0.1, 0.15) is 10.4 Å². The number of benzene rings is 1. The maximum atomic E-state index is 11.8. The number of aromatic nitrogens is 1. The lowest BCUT2D eigenvalue weighted by atomic mass is 10.3. The lowest BCUT2D eigenvalue weighted by Crippen LogP contribution is -2.21. The van der Waals surface area contributed by atoms with Crippen LogP contribution in [0.25, 0.3) is 0 Å². The predicted molar refractivity (Wildman–Crippen MR) is 91.2 cm³/mol. The third-order valence-corrected chi connectivity index (χ3v) is 3.78. The molecule has 24 heavy (non-hydrogen) atoms. The highest BCUT2D eigenvalue weighted by Crippen LogP contribution is 2.27. The van der Waals surface area contributed by atoms with Gasteiger partial charge in [0.05, 0.1) is 22.7 Å². The highest BCUT2D eigenvalue weighted by Gasteiger charge is 2.13. The molecule has 0 saturated carbocycles. The molecule has 0 unspecified atom stereocenters. The van der Waals surface area contributed by atoms with Crippen molar-refractivity contribution < 1.29 is 19.1 Å². The van der Waals surface area contributed by atoms with Gasteiger partial charge in [0.1, 0.15) is 10.9 Å². The Morgan fingerprint density at radius 3 is 2.54 bits per heavy atom. The zero-order chi connectivity index (χ0) is 17.7. The maximum Gasteiger partial charge on any atom is 0.340 e. The molecule has 1 amide bonds. The lowest BCUT2D eigenvalue weighted by Gasteiger charge is -2.09. The van der Waals surface area contributed by atoms with Gasteiger partial charge in [0.25, 0.3) is 5.91 Å². The average molecular weight is 390 g/mol. The van der Waals surface area contributed by atoms with Crippen molar-refractivity contribution >= 4 is 52.4 Å². The normalized spacial score (nSPS) is 10.2. The zero-order valence-electron chi connectivity index (χ0n) is 12.3. The minimum Gasteiger partial charge on any atom is -0.495 e. The highest BCUT2D eigenvalue weighted by atomic mass is 35.5. The van der Waals surface area contributed by atoms with Gasteiger partial charge in [-0.1, -0.05) is 34.8 Å². The Morgan fingerprint density at radius 1 is 1.17 bits per heavy atom. The SMILES string of the molecule is COc1ccc(NC(=O)COC(=O)c2cnc(Cl)c(Cl)c2)cc1Cl. The number of methoxy groups -OCH3 is 1. The van der Waals surface area contributed by atoms with Gasteiger partial charge in [0, 0.05) is 11.9 Å². The molecule has 1 aromatic carbocycles. The summed E-state index contributed by atoms with van der Waals surface area (Å²) in [6, 6.07) is 6.03. The topological polar surface area (TPSA) is 77.5 Å². The number of halogens is 3. The molecule has 0 saturated heterocycles. The fourth-order valence-corrected chi connectivity index (χ4v) is 2.22. The summed E-state index contributed by atoms with van der Waals surface area (Å²) in [5.74, 6) is -0.796. The molecule has 0 atom stereocenters. The number of hydrogen-bond acceptors (Lipinski definition) is 5. The zero-order valence-corrected chi connectivity index (χ0v) is 14.6. The number of ether oxygens (including phenoxy) is 2. The summed E-state index contributed by atoms with van der Waals surface area (Å²) >= 11 is 17.4. The molecule has 0 radical (unpaired) electrons. The molecule has 1 N–H and O–H groups in total. The maximum absolute atomic E-state index is 11.8. The van der Waals surface area contributed by atoms with Crippen molar-refractivity contribution in [3.05, 3.63) is 51.2 Å². The van der Waals surface area contributed by atoms with E-state index in [2.05, 4.69) is 10.3 Å². The number of rotatable bonds is 5. The molecule has 0 aliphatic heterocycles. The number of pyridine rings is 1. The Hall–Kier alpha value is -2.02. The van der Waals surface area contributed by atoms with Gasteiger partial charge in [0.15, 0.2) is 6.61 Å². The highest BCUT2D eigenvalue weighted by molar-refractivity contribution is 6.41. The van der Waals surface area contributed by atoms with E-state index in [0.29, 0.717) is 16.5 Å². The molecule has 126 valence electrons. The predicted octanol–water partition coefficient (Wildman–Crippen LogP) is 3.85. The Kier molecular flexibility index (Phi) is 6.25. The molecule has 1 aromatic heterocycles. The van der Waals surface area contributed by atoms with Crippen LogP contribution < -0.4 is 10.1 Å². The smallest absolute Gasteiger partial charge is 0.340 e. The summed E-state index contributed by atoms with van der Waals surface area (Å²) in [6.07, 6.45) is 1.21. The summed E-state index contributed by atoms with van der Waals surface area (Å²) in [4.78, 5) is 27.4. The van der Waals surface area contributed by atoms with Crippen LogP contribution in [0.2, 0.25) is 15.2 Å². The lowest BCUT2D eigenvalue weighted by molar-refractivity contribution is -0.119. The number of anilines is 1. The first-order chi connectivity index (χ1) is 11.4. The second kappa shape index (κ2) is 8.19. The first kappa shape index (κ1) is 18.3. The van der Waals surface area contributed by atoms with Gasteiger partial charge in [-0.15, -0.1) is 0 Å². The number of nitrogens with zero attached hydrogens (tertiary/aromatic N) is 1. The van der Waals surface area contributed by atoms with Crippen LogP contribution in [0, 0.1) is 0 Å². The number of carbonyl (C=O) groups is 2. The van der Waals surface area contributed by atoms with E-state index in [4.69, 9.17) is 44.3 Å². The van der Waals surface area contributed by atoms with Crippen molar-refractivity contribution in [2.24, 2.45) is 0 Å². The van der Waals surface area contributed by atoms with E-state index in [9.17, 15) is 9.59 Å². The van der Waals surface area contributed by atoms with Crippen LogP contribution in [0.5, 0.6) is 5.75 Å². The Labute approximate surface area is 152 Å². The largest absolute Gasteiger partial charge is 0.495 e. The minimum atomic E-state index is -0.746. The van der Waals surface area contributed by atoms with Crippen LogP contribution in [0.15, 0.2) is 30.5 Å². The number of carbonyl (C=O) groups excluding carboxylic acids is 2. The fourth-order valence-electron chi connectivity index (χ4n) is 1.69. The molecule has 0 spiro atoms. The van der Waals surface area contributed by atoms with E-state index in [0.717, 1.165) is 0 Å². The fraction of sp³-hybridized carbons (Fsp3) is 0.133. The van der Waals surface area contributed by atoms with Gasteiger partial charge in [0.2, 0.25) is 0 Å². The first-order valence-electron chi connectivity index (χ1n) is 6.52. The van der Waals surface area contributed by atoms with Crippen LogP contribution in [0.3, 0.4) is 0 Å². The molecule has 1 heterocycles. The minimum absolute atomic E-state index is 0.0716. The molecule has 0 aliphatic carbocycles. The summed E-state index contributed by atoms with van der Waals surface area (Å²) in [7, 11) is 1.48. The third-order valence-electron chi connectivity index (χ3n) is 2.80. The van der Waals surface area contributed by atoms with E-state index < -0.39 is 18.5 Å². The molecule has 0 fully saturated rings. The molecule has 0 aliphatic rings. The van der Waals surface area contributed by atoms with Gasteiger partial charge in [-0.05, 0) is 24.3 Å². The van der Waals surface area contributed by atoms with E-state index in [-0.39, 0.29) is 15.7 Å². The van der Waals surface area contributed by atoms with Crippen molar-refractivity contribution in [1.82, 2.24) is 4.98 Å².